The fourth-order valence-corrected chi connectivity index (χ4v) is 4.09. The summed E-state index contributed by atoms with van der Waals surface area (Å²) in [7, 11) is 0. The van der Waals surface area contributed by atoms with E-state index in [4.69, 9.17) is 4.74 Å². The van der Waals surface area contributed by atoms with Crippen LogP contribution in [-0.4, -0.2) is 28.7 Å². The van der Waals surface area contributed by atoms with Gasteiger partial charge in [-0.15, -0.1) is 0 Å². The highest BCUT2D eigenvalue weighted by Crippen LogP contribution is 2.33. The fraction of sp³-hybridized carbons (Fsp3) is 0.286. The van der Waals surface area contributed by atoms with Gasteiger partial charge in [0.15, 0.2) is 0 Å². The molecule has 1 unspecified atom stereocenters. The van der Waals surface area contributed by atoms with Crippen LogP contribution in [-0.2, 0) is 27.2 Å². The molecule has 3 amide bonds. The zero-order valence-corrected chi connectivity index (χ0v) is 17.3. The summed E-state index contributed by atoms with van der Waals surface area (Å²) in [6, 6.07) is 13.0. The maximum atomic E-state index is 12.8. The van der Waals surface area contributed by atoms with Crippen LogP contribution >= 0.6 is 22.6 Å². The second kappa shape index (κ2) is 7.90. The van der Waals surface area contributed by atoms with E-state index in [2.05, 4.69) is 40.0 Å². The minimum absolute atomic E-state index is 0.193. The minimum atomic E-state index is -0.619. The van der Waals surface area contributed by atoms with Crippen molar-refractivity contribution < 1.29 is 19.1 Å². The smallest absolute Gasteiger partial charge is 0.255 e. The number of hydrogen-bond donors (Lipinski definition) is 1. The molecule has 0 saturated carbocycles. The number of carbonyl (C=O) groups excluding carboxylic acids is 3. The average molecular weight is 490 g/mol. The second-order valence-electron chi connectivity index (χ2n) is 6.92. The maximum absolute atomic E-state index is 12.8. The molecule has 1 fully saturated rings. The number of alkyl halides is 1. The van der Waals surface area contributed by atoms with Crippen molar-refractivity contribution in [3.05, 3.63) is 64.7 Å². The number of piperidine rings is 1. The standard InChI is InChI=1S/C21H19IN2O4/c22-10-13-4-6-14(7-5-13)12-28-18-3-1-2-15-16(18)11-24(21(15)27)17-8-9-19(25)23-20(17)26/h1-7,17H,8-12H2,(H,23,25,26). The number of nitrogens with zero attached hydrogens (tertiary/aromatic N) is 1. The number of hydrogen-bond acceptors (Lipinski definition) is 4. The van der Waals surface area contributed by atoms with Crippen LogP contribution in [0.1, 0.15) is 39.9 Å². The third-order valence-corrected chi connectivity index (χ3v) is 5.99. The SMILES string of the molecule is O=C1CCC(N2Cc3c(OCc4ccc(CI)cc4)cccc3C2=O)C(=O)N1. The highest BCUT2D eigenvalue weighted by atomic mass is 127. The summed E-state index contributed by atoms with van der Waals surface area (Å²) in [6.45, 7) is 0.717. The van der Waals surface area contributed by atoms with Crippen LogP contribution in [0.4, 0.5) is 0 Å². The lowest BCUT2D eigenvalue weighted by Crippen LogP contribution is -2.52. The Hall–Kier alpha value is -2.42. The van der Waals surface area contributed by atoms with Gasteiger partial charge in [0.2, 0.25) is 11.8 Å². The van der Waals surface area contributed by atoms with Crippen LogP contribution in [0.3, 0.4) is 0 Å². The Morgan fingerprint density at radius 1 is 1.07 bits per heavy atom. The molecule has 2 aliphatic rings. The predicted octanol–water partition coefficient (Wildman–Crippen LogP) is 2.96. The molecule has 1 saturated heterocycles. The van der Waals surface area contributed by atoms with E-state index in [1.165, 1.54) is 10.5 Å². The molecule has 7 heteroatoms. The van der Waals surface area contributed by atoms with Gasteiger partial charge < -0.3 is 9.64 Å². The Bertz CT molecular complexity index is 942. The normalized spacial score (nSPS) is 18.8. The van der Waals surface area contributed by atoms with Crippen LogP contribution in [0.5, 0.6) is 5.75 Å². The van der Waals surface area contributed by atoms with Crippen LogP contribution in [0, 0.1) is 0 Å². The fourth-order valence-electron chi connectivity index (χ4n) is 3.58. The minimum Gasteiger partial charge on any atom is -0.489 e. The van der Waals surface area contributed by atoms with Gasteiger partial charge in [-0.2, -0.15) is 0 Å². The Kier molecular flexibility index (Phi) is 5.34. The first-order valence-electron chi connectivity index (χ1n) is 9.10. The quantitative estimate of drug-likeness (QED) is 0.398. The molecule has 28 heavy (non-hydrogen) atoms. The lowest BCUT2D eigenvalue weighted by molar-refractivity contribution is -0.136. The van der Waals surface area contributed by atoms with Gasteiger partial charge in [0.25, 0.3) is 5.91 Å². The largest absolute Gasteiger partial charge is 0.489 e. The predicted molar refractivity (Wildman–Crippen MR) is 111 cm³/mol. The van der Waals surface area contributed by atoms with Crippen molar-refractivity contribution in [2.45, 2.75) is 36.5 Å². The lowest BCUT2D eigenvalue weighted by atomic mass is 10.0. The van der Waals surface area contributed by atoms with E-state index in [0.717, 1.165) is 15.6 Å². The zero-order chi connectivity index (χ0) is 19.7. The summed E-state index contributed by atoms with van der Waals surface area (Å²) in [5.74, 6) is -0.238. The van der Waals surface area contributed by atoms with Gasteiger partial charge in [0.05, 0.1) is 6.54 Å². The number of amides is 3. The highest BCUT2D eigenvalue weighted by molar-refractivity contribution is 14.1. The summed E-state index contributed by atoms with van der Waals surface area (Å²) in [5.41, 5.74) is 3.66. The summed E-state index contributed by atoms with van der Waals surface area (Å²) < 4.78 is 6.96. The van der Waals surface area contributed by atoms with Crippen molar-refractivity contribution >= 4 is 40.3 Å². The Balaban J connectivity index is 1.50. The number of carbonyl (C=O) groups is 3. The first kappa shape index (κ1) is 18.9. The zero-order valence-electron chi connectivity index (χ0n) is 15.1. The monoisotopic (exact) mass is 490 g/mol. The molecule has 2 aliphatic heterocycles. The number of fused-ring (bicyclic) bond motifs is 1. The number of ether oxygens (including phenoxy) is 1. The van der Waals surface area contributed by atoms with Crippen LogP contribution in [0.15, 0.2) is 42.5 Å². The topological polar surface area (TPSA) is 75.7 Å². The molecule has 1 atom stereocenters. The van der Waals surface area contributed by atoms with E-state index in [-0.39, 0.29) is 18.2 Å². The van der Waals surface area contributed by atoms with Gasteiger partial charge in [-0.25, -0.2) is 0 Å². The second-order valence-corrected chi connectivity index (χ2v) is 7.68. The third kappa shape index (κ3) is 3.63. The van der Waals surface area contributed by atoms with E-state index in [1.54, 1.807) is 12.1 Å². The molecule has 2 heterocycles. The molecule has 2 aromatic rings. The first-order valence-corrected chi connectivity index (χ1v) is 10.6. The molecule has 0 radical (unpaired) electrons. The molecule has 4 rings (SSSR count). The molecule has 1 N–H and O–H groups in total. The first-order chi connectivity index (χ1) is 13.6. The molecule has 144 valence electrons. The van der Waals surface area contributed by atoms with E-state index >= 15 is 0 Å². The Morgan fingerprint density at radius 3 is 2.54 bits per heavy atom. The van der Waals surface area contributed by atoms with Crippen LogP contribution < -0.4 is 10.1 Å². The van der Waals surface area contributed by atoms with Crippen molar-refractivity contribution in [2.24, 2.45) is 0 Å². The van der Waals surface area contributed by atoms with Gasteiger partial charge in [-0.05, 0) is 29.7 Å². The molecule has 0 aliphatic carbocycles. The van der Waals surface area contributed by atoms with E-state index in [1.807, 2.05) is 18.2 Å². The average Bonchev–Trinajstić information content (AvgIpc) is 3.04. The number of nitrogens with one attached hydrogen (secondary N) is 1. The molecular formula is C21H19IN2O4. The number of benzene rings is 2. The highest BCUT2D eigenvalue weighted by Gasteiger charge is 2.40. The third-order valence-electron chi connectivity index (χ3n) is 5.11. The van der Waals surface area contributed by atoms with Crippen molar-refractivity contribution in [1.29, 1.82) is 0 Å². The Labute approximate surface area is 176 Å². The summed E-state index contributed by atoms with van der Waals surface area (Å²) >= 11 is 2.33. The number of rotatable bonds is 5. The van der Waals surface area contributed by atoms with Crippen molar-refractivity contribution in [3.63, 3.8) is 0 Å². The summed E-state index contributed by atoms with van der Waals surface area (Å²) in [5, 5.41) is 2.32. The number of imide groups is 1. The van der Waals surface area contributed by atoms with Gasteiger partial charge in [0.1, 0.15) is 18.4 Å². The Morgan fingerprint density at radius 2 is 1.82 bits per heavy atom. The molecule has 0 aromatic heterocycles. The van der Waals surface area contributed by atoms with E-state index < -0.39 is 11.9 Å². The van der Waals surface area contributed by atoms with Gasteiger partial charge in [0, 0.05) is 22.0 Å². The van der Waals surface area contributed by atoms with Gasteiger partial charge in [-0.1, -0.05) is 52.9 Å². The molecular weight excluding hydrogens is 471 g/mol. The summed E-state index contributed by atoms with van der Waals surface area (Å²) in [4.78, 5) is 37.9. The van der Waals surface area contributed by atoms with Crippen LogP contribution in [0.25, 0.3) is 0 Å². The van der Waals surface area contributed by atoms with Crippen molar-refractivity contribution in [1.82, 2.24) is 10.2 Å². The van der Waals surface area contributed by atoms with E-state index in [0.29, 0.717) is 30.9 Å². The van der Waals surface area contributed by atoms with Crippen LogP contribution in [0.2, 0.25) is 0 Å². The molecule has 2 aromatic carbocycles. The van der Waals surface area contributed by atoms with Gasteiger partial charge in [-0.3, -0.25) is 19.7 Å². The maximum Gasteiger partial charge on any atom is 0.255 e. The van der Waals surface area contributed by atoms with E-state index in [9.17, 15) is 14.4 Å². The van der Waals surface area contributed by atoms with Crippen molar-refractivity contribution in [3.8, 4) is 5.75 Å². The molecule has 0 spiro atoms. The molecule has 6 nitrogen and oxygen atoms in total. The summed E-state index contributed by atoms with van der Waals surface area (Å²) in [6.07, 6.45) is 0.594. The number of halogens is 1. The van der Waals surface area contributed by atoms with Crippen molar-refractivity contribution in [2.75, 3.05) is 0 Å². The van der Waals surface area contributed by atoms with Gasteiger partial charge >= 0.3 is 0 Å². The molecule has 0 bridgehead atoms. The lowest BCUT2D eigenvalue weighted by Gasteiger charge is -2.29.